The van der Waals surface area contributed by atoms with Crippen LogP contribution >= 0.6 is 15.9 Å². The summed E-state index contributed by atoms with van der Waals surface area (Å²) < 4.78 is 1.83. The van der Waals surface area contributed by atoms with Crippen LogP contribution in [0.4, 0.5) is 0 Å². The van der Waals surface area contributed by atoms with E-state index in [0.29, 0.717) is 16.1 Å². The third kappa shape index (κ3) is 1.04. The third-order valence-electron chi connectivity index (χ3n) is 1.41. The smallest absolute Gasteiger partial charge is 0.300 e. The number of hydrogen-bond donors (Lipinski definition) is 1. The Hall–Kier alpha value is -1.17. The molecule has 0 aliphatic carbocycles. The number of aromatic amines is 1. The second-order valence-corrected chi connectivity index (χ2v) is 3.21. The molecule has 0 bridgehead atoms. The van der Waals surface area contributed by atoms with Crippen LogP contribution in [0.1, 0.15) is 5.82 Å². The first-order chi connectivity index (χ1) is 5.66. The van der Waals surface area contributed by atoms with Crippen molar-refractivity contribution in [3.05, 3.63) is 27.0 Å². The van der Waals surface area contributed by atoms with E-state index in [4.69, 9.17) is 0 Å². The van der Waals surface area contributed by atoms with E-state index >= 15 is 0 Å². The van der Waals surface area contributed by atoms with Crippen LogP contribution in [0.15, 0.2) is 15.5 Å². The molecule has 0 unspecified atom stereocenters. The van der Waals surface area contributed by atoms with Gasteiger partial charge in [-0.15, -0.1) is 5.10 Å². The quantitative estimate of drug-likeness (QED) is 0.668. The second-order valence-electron chi connectivity index (χ2n) is 2.35. The fourth-order valence-corrected chi connectivity index (χ4v) is 1.35. The Balaban J connectivity index is 2.98. The molecule has 0 aliphatic heterocycles. The lowest BCUT2D eigenvalue weighted by atomic mass is 10.6. The van der Waals surface area contributed by atoms with E-state index in [1.54, 1.807) is 13.0 Å². The summed E-state index contributed by atoms with van der Waals surface area (Å²) in [6.45, 7) is 1.74. The summed E-state index contributed by atoms with van der Waals surface area (Å²) >= 11 is 3.16. The van der Waals surface area contributed by atoms with Crippen LogP contribution in [0.3, 0.4) is 0 Å². The number of fused-ring (bicyclic) bond motifs is 1. The van der Waals surface area contributed by atoms with Gasteiger partial charge in [0, 0.05) is 6.07 Å². The molecule has 0 amide bonds. The zero-order chi connectivity index (χ0) is 8.72. The van der Waals surface area contributed by atoms with Gasteiger partial charge in [0.2, 0.25) is 0 Å². The molecule has 0 radical (unpaired) electrons. The van der Waals surface area contributed by atoms with Crippen molar-refractivity contribution in [3.63, 3.8) is 0 Å². The first-order valence-electron chi connectivity index (χ1n) is 3.29. The lowest BCUT2D eigenvalue weighted by Gasteiger charge is -1.89. The average Bonchev–Trinajstić information content (AvgIpc) is 2.29. The van der Waals surface area contributed by atoms with Gasteiger partial charge in [0.15, 0.2) is 5.65 Å². The van der Waals surface area contributed by atoms with Crippen LogP contribution < -0.4 is 5.69 Å². The van der Waals surface area contributed by atoms with Crippen molar-refractivity contribution in [3.8, 4) is 0 Å². The van der Waals surface area contributed by atoms with Crippen molar-refractivity contribution in [1.29, 1.82) is 0 Å². The van der Waals surface area contributed by atoms with Crippen molar-refractivity contribution in [2.45, 2.75) is 6.92 Å². The lowest BCUT2D eigenvalue weighted by molar-refractivity contribution is 0.846. The van der Waals surface area contributed by atoms with E-state index in [1.807, 2.05) is 0 Å². The van der Waals surface area contributed by atoms with Gasteiger partial charge < -0.3 is 0 Å². The number of rotatable bonds is 0. The maximum Gasteiger partial charge on any atom is 0.348 e. The van der Waals surface area contributed by atoms with E-state index < -0.39 is 0 Å². The number of nitrogens with zero attached hydrogens (tertiary/aromatic N) is 3. The van der Waals surface area contributed by atoms with Crippen molar-refractivity contribution in [2.75, 3.05) is 0 Å². The normalized spacial score (nSPS) is 10.8. The minimum Gasteiger partial charge on any atom is -0.300 e. The molecule has 2 aromatic rings. The number of halogens is 1. The average molecular weight is 229 g/mol. The molecule has 5 nitrogen and oxygen atoms in total. The molecular formula is C6H5BrN4O. The number of H-pyrrole nitrogens is 1. The molecule has 0 atom stereocenters. The van der Waals surface area contributed by atoms with Crippen molar-refractivity contribution < 1.29 is 0 Å². The van der Waals surface area contributed by atoms with E-state index in [-0.39, 0.29) is 5.69 Å². The minimum atomic E-state index is -0.292. The summed E-state index contributed by atoms with van der Waals surface area (Å²) in [5, 5.41) is 3.89. The summed E-state index contributed by atoms with van der Waals surface area (Å²) in [7, 11) is 0. The Morgan fingerprint density at radius 3 is 3.17 bits per heavy atom. The largest absolute Gasteiger partial charge is 0.348 e. The van der Waals surface area contributed by atoms with Gasteiger partial charge in [-0.05, 0) is 22.9 Å². The molecule has 2 rings (SSSR count). The van der Waals surface area contributed by atoms with Gasteiger partial charge in [-0.3, -0.25) is 4.98 Å². The molecule has 2 aromatic heterocycles. The SMILES string of the molecule is Cc1nc2cc(Br)[nH]c(=O)n2n1. The molecule has 62 valence electrons. The molecule has 0 fully saturated rings. The van der Waals surface area contributed by atoms with Crippen LogP contribution in [-0.4, -0.2) is 19.6 Å². The highest BCUT2D eigenvalue weighted by atomic mass is 79.9. The van der Waals surface area contributed by atoms with E-state index in [0.717, 1.165) is 0 Å². The summed E-state index contributed by atoms with van der Waals surface area (Å²) in [4.78, 5) is 17.8. The Labute approximate surface area is 75.6 Å². The first kappa shape index (κ1) is 7.48. The van der Waals surface area contributed by atoms with E-state index in [9.17, 15) is 4.79 Å². The topological polar surface area (TPSA) is 63.0 Å². The zero-order valence-electron chi connectivity index (χ0n) is 6.21. The Morgan fingerprint density at radius 1 is 1.67 bits per heavy atom. The lowest BCUT2D eigenvalue weighted by Crippen LogP contribution is -2.17. The number of aryl methyl sites for hydroxylation is 1. The van der Waals surface area contributed by atoms with Gasteiger partial charge >= 0.3 is 5.69 Å². The first-order valence-corrected chi connectivity index (χ1v) is 4.08. The number of aromatic nitrogens is 4. The Kier molecular flexibility index (Phi) is 1.50. The summed E-state index contributed by atoms with van der Waals surface area (Å²) in [5.41, 5.74) is 0.253. The van der Waals surface area contributed by atoms with Crippen LogP contribution in [0.5, 0.6) is 0 Å². The molecule has 1 N–H and O–H groups in total. The molecular weight excluding hydrogens is 224 g/mol. The Bertz CT molecular complexity index is 486. The number of hydrogen-bond acceptors (Lipinski definition) is 3. The minimum absolute atomic E-state index is 0.292. The second kappa shape index (κ2) is 2.41. The highest BCUT2D eigenvalue weighted by Gasteiger charge is 2.02. The fraction of sp³-hybridized carbons (Fsp3) is 0.167. The number of nitrogens with one attached hydrogen (secondary N) is 1. The maximum absolute atomic E-state index is 11.2. The summed E-state index contributed by atoms with van der Waals surface area (Å²) in [5.74, 6) is 0.582. The van der Waals surface area contributed by atoms with Crippen LogP contribution in [0.25, 0.3) is 5.65 Å². The maximum atomic E-state index is 11.2. The Morgan fingerprint density at radius 2 is 2.42 bits per heavy atom. The third-order valence-corrected chi connectivity index (χ3v) is 1.84. The van der Waals surface area contributed by atoms with Gasteiger partial charge in [-0.25, -0.2) is 9.78 Å². The van der Waals surface area contributed by atoms with Crippen molar-refractivity contribution >= 4 is 21.6 Å². The molecule has 12 heavy (non-hydrogen) atoms. The van der Waals surface area contributed by atoms with Gasteiger partial charge in [0.25, 0.3) is 0 Å². The fourth-order valence-electron chi connectivity index (χ4n) is 0.979. The van der Waals surface area contributed by atoms with Gasteiger partial charge in [-0.1, -0.05) is 0 Å². The predicted octanol–water partition coefficient (Wildman–Crippen LogP) is 0.489. The van der Waals surface area contributed by atoms with Crippen molar-refractivity contribution in [2.24, 2.45) is 0 Å². The zero-order valence-corrected chi connectivity index (χ0v) is 7.79. The van der Waals surface area contributed by atoms with Gasteiger partial charge in [-0.2, -0.15) is 4.52 Å². The van der Waals surface area contributed by atoms with Crippen LogP contribution in [-0.2, 0) is 0 Å². The van der Waals surface area contributed by atoms with Gasteiger partial charge in [0.05, 0.1) is 4.60 Å². The predicted molar refractivity (Wildman–Crippen MR) is 46.0 cm³/mol. The highest BCUT2D eigenvalue weighted by molar-refractivity contribution is 9.10. The van der Waals surface area contributed by atoms with Crippen molar-refractivity contribution in [1.82, 2.24) is 19.6 Å². The van der Waals surface area contributed by atoms with E-state index in [2.05, 4.69) is 31.0 Å². The molecule has 6 heteroatoms. The van der Waals surface area contributed by atoms with Crippen LogP contribution in [0.2, 0.25) is 0 Å². The standard InChI is InChI=1S/C6H5BrN4O/c1-3-8-5-2-4(7)9-6(12)11(5)10-3/h2H,1H3,(H,9,12). The summed E-state index contributed by atoms with van der Waals surface area (Å²) in [6.07, 6.45) is 0. The summed E-state index contributed by atoms with van der Waals surface area (Å²) in [6, 6.07) is 1.70. The molecule has 0 aromatic carbocycles. The molecule has 0 saturated carbocycles. The molecule has 0 spiro atoms. The molecule has 0 saturated heterocycles. The van der Waals surface area contributed by atoms with E-state index in [1.165, 1.54) is 4.52 Å². The van der Waals surface area contributed by atoms with Gasteiger partial charge in [0.1, 0.15) is 5.82 Å². The molecule has 2 heterocycles. The monoisotopic (exact) mass is 228 g/mol. The highest BCUT2D eigenvalue weighted by Crippen LogP contribution is 2.04. The van der Waals surface area contributed by atoms with Crippen LogP contribution in [0, 0.1) is 6.92 Å². The molecule has 0 aliphatic rings.